The number of methoxy groups -OCH3 is 1. The molecule has 1 aliphatic rings. The number of hydrogen-bond donors (Lipinski definition) is 1. The molecule has 0 radical (unpaired) electrons. The van der Waals surface area contributed by atoms with Crippen LogP contribution in [0.5, 0.6) is 0 Å². The largest absolute Gasteiger partial charge is 0.497 e. The van der Waals surface area contributed by atoms with Crippen LogP contribution in [0.15, 0.2) is 35.6 Å². The molecule has 64 valence electrons. The zero-order valence-corrected chi connectivity index (χ0v) is 6.91. The summed E-state index contributed by atoms with van der Waals surface area (Å²) >= 11 is 0. The lowest BCUT2D eigenvalue weighted by atomic mass is 10.2. The van der Waals surface area contributed by atoms with Crippen LogP contribution < -0.4 is 5.73 Å². The Labute approximate surface area is 71.2 Å². The van der Waals surface area contributed by atoms with E-state index in [4.69, 9.17) is 10.5 Å². The van der Waals surface area contributed by atoms with Crippen LogP contribution in [0.1, 0.15) is 6.42 Å². The monoisotopic (exact) mass is 165 g/mol. The lowest BCUT2D eigenvalue weighted by Crippen LogP contribution is -2.12. The molecule has 0 aromatic heterocycles. The Kier molecular flexibility index (Phi) is 2.69. The molecule has 0 unspecified atom stereocenters. The fourth-order valence-corrected chi connectivity index (χ4v) is 0.944. The van der Waals surface area contributed by atoms with E-state index in [0.717, 1.165) is 5.76 Å². The fraction of sp³-hybridized carbons (Fsp3) is 0.222. The van der Waals surface area contributed by atoms with Crippen LogP contribution in [0.3, 0.4) is 0 Å². The number of amides is 1. The molecule has 0 atom stereocenters. The van der Waals surface area contributed by atoms with Gasteiger partial charge in [-0.1, -0.05) is 6.08 Å². The Morgan fingerprint density at radius 3 is 2.83 bits per heavy atom. The van der Waals surface area contributed by atoms with Gasteiger partial charge in [-0.15, -0.1) is 0 Å². The van der Waals surface area contributed by atoms with Gasteiger partial charge in [0.25, 0.3) is 0 Å². The highest BCUT2D eigenvalue weighted by molar-refractivity contribution is 5.94. The molecule has 0 fully saturated rings. The third kappa shape index (κ3) is 1.99. The van der Waals surface area contributed by atoms with E-state index in [1.54, 1.807) is 25.3 Å². The first-order valence-corrected chi connectivity index (χ1v) is 3.66. The second-order valence-corrected chi connectivity index (χ2v) is 2.40. The third-order valence-corrected chi connectivity index (χ3v) is 1.60. The number of allylic oxidation sites excluding steroid dienone is 3. The minimum atomic E-state index is -0.406. The Balaban J connectivity index is 2.77. The SMILES string of the molecule is COC1=CCC=C(C(N)=O)C=C1. The summed E-state index contributed by atoms with van der Waals surface area (Å²) in [6, 6.07) is 0. The molecular formula is C9H11NO2. The molecule has 0 aliphatic heterocycles. The second-order valence-electron chi connectivity index (χ2n) is 2.40. The number of rotatable bonds is 2. The maximum atomic E-state index is 10.7. The van der Waals surface area contributed by atoms with Crippen molar-refractivity contribution in [2.75, 3.05) is 7.11 Å². The normalized spacial score (nSPS) is 16.1. The van der Waals surface area contributed by atoms with Crippen molar-refractivity contribution in [3.05, 3.63) is 35.6 Å². The van der Waals surface area contributed by atoms with Crippen LogP contribution in [0, 0.1) is 0 Å². The van der Waals surface area contributed by atoms with Crippen LogP contribution >= 0.6 is 0 Å². The summed E-state index contributed by atoms with van der Waals surface area (Å²) in [5, 5.41) is 0. The molecule has 0 heterocycles. The molecule has 12 heavy (non-hydrogen) atoms. The Bertz CT molecular complexity index is 274. The van der Waals surface area contributed by atoms with E-state index in [9.17, 15) is 4.79 Å². The van der Waals surface area contributed by atoms with Gasteiger partial charge in [-0.2, -0.15) is 0 Å². The highest BCUT2D eigenvalue weighted by Crippen LogP contribution is 2.10. The molecule has 3 nitrogen and oxygen atoms in total. The molecule has 3 heteroatoms. The van der Waals surface area contributed by atoms with Gasteiger partial charge in [0.2, 0.25) is 5.91 Å². The highest BCUT2D eigenvalue weighted by Gasteiger charge is 2.02. The number of carbonyl (C=O) groups excluding carboxylic acids is 1. The molecule has 0 aromatic carbocycles. The third-order valence-electron chi connectivity index (χ3n) is 1.60. The van der Waals surface area contributed by atoms with Gasteiger partial charge in [-0.25, -0.2) is 0 Å². The van der Waals surface area contributed by atoms with Gasteiger partial charge >= 0.3 is 0 Å². The summed E-state index contributed by atoms with van der Waals surface area (Å²) in [4.78, 5) is 10.7. The maximum absolute atomic E-state index is 10.7. The molecule has 1 amide bonds. The average Bonchev–Trinajstić information content (AvgIpc) is 2.28. The maximum Gasteiger partial charge on any atom is 0.248 e. The first-order valence-electron chi connectivity index (χ1n) is 3.66. The number of carbonyl (C=O) groups is 1. The Morgan fingerprint density at radius 2 is 2.25 bits per heavy atom. The Hall–Kier alpha value is -1.51. The predicted molar refractivity (Wildman–Crippen MR) is 46.1 cm³/mol. The molecule has 0 saturated heterocycles. The van der Waals surface area contributed by atoms with E-state index in [-0.39, 0.29) is 0 Å². The van der Waals surface area contributed by atoms with Crippen molar-refractivity contribution in [3.63, 3.8) is 0 Å². The van der Waals surface area contributed by atoms with Crippen LogP contribution in [-0.4, -0.2) is 13.0 Å². The number of ether oxygens (including phenoxy) is 1. The van der Waals surface area contributed by atoms with E-state index < -0.39 is 5.91 Å². The smallest absolute Gasteiger partial charge is 0.248 e. The van der Waals surface area contributed by atoms with E-state index in [0.29, 0.717) is 12.0 Å². The molecule has 1 aliphatic carbocycles. The van der Waals surface area contributed by atoms with Crippen LogP contribution in [0.4, 0.5) is 0 Å². The molecule has 2 N–H and O–H groups in total. The van der Waals surface area contributed by atoms with Crippen molar-refractivity contribution in [1.29, 1.82) is 0 Å². The summed E-state index contributed by atoms with van der Waals surface area (Å²) in [7, 11) is 1.59. The van der Waals surface area contributed by atoms with E-state index in [1.807, 2.05) is 6.08 Å². The summed E-state index contributed by atoms with van der Waals surface area (Å²) in [6.07, 6.45) is 7.71. The predicted octanol–water partition coefficient (Wildman–Crippen LogP) is 0.888. The van der Waals surface area contributed by atoms with Crippen LogP contribution in [-0.2, 0) is 9.53 Å². The first kappa shape index (κ1) is 8.59. The quantitative estimate of drug-likeness (QED) is 0.660. The van der Waals surface area contributed by atoms with Crippen molar-refractivity contribution in [2.24, 2.45) is 5.73 Å². The van der Waals surface area contributed by atoms with Crippen LogP contribution in [0.25, 0.3) is 0 Å². The van der Waals surface area contributed by atoms with Gasteiger partial charge in [-0.3, -0.25) is 4.79 Å². The van der Waals surface area contributed by atoms with Gasteiger partial charge in [0, 0.05) is 5.57 Å². The average molecular weight is 165 g/mol. The zero-order chi connectivity index (χ0) is 8.97. The molecule has 0 spiro atoms. The van der Waals surface area contributed by atoms with E-state index in [1.165, 1.54) is 0 Å². The highest BCUT2D eigenvalue weighted by atomic mass is 16.5. The zero-order valence-electron chi connectivity index (χ0n) is 6.91. The standard InChI is InChI=1S/C9H11NO2/c1-12-8-4-2-3-7(5-6-8)9(10)11/h3-6H,2H2,1H3,(H2,10,11). The van der Waals surface area contributed by atoms with Gasteiger partial charge in [-0.05, 0) is 24.6 Å². The summed E-state index contributed by atoms with van der Waals surface area (Å²) in [6.45, 7) is 0. The van der Waals surface area contributed by atoms with Gasteiger partial charge in [0.1, 0.15) is 5.76 Å². The fourth-order valence-electron chi connectivity index (χ4n) is 0.944. The molecule has 0 bridgehead atoms. The molecule has 0 saturated carbocycles. The van der Waals surface area contributed by atoms with Gasteiger partial charge < -0.3 is 10.5 Å². The van der Waals surface area contributed by atoms with Crippen LogP contribution in [0.2, 0.25) is 0 Å². The van der Waals surface area contributed by atoms with Crippen molar-refractivity contribution in [2.45, 2.75) is 6.42 Å². The van der Waals surface area contributed by atoms with Gasteiger partial charge in [0.05, 0.1) is 7.11 Å². The summed E-state index contributed by atoms with van der Waals surface area (Å²) in [5.74, 6) is 0.347. The summed E-state index contributed by atoms with van der Waals surface area (Å²) in [5.41, 5.74) is 5.63. The van der Waals surface area contributed by atoms with Crippen molar-refractivity contribution < 1.29 is 9.53 Å². The number of nitrogens with two attached hydrogens (primary N) is 1. The topological polar surface area (TPSA) is 52.3 Å². The lowest BCUT2D eigenvalue weighted by molar-refractivity contribution is -0.114. The molecule has 0 aromatic rings. The first-order chi connectivity index (χ1) is 5.74. The summed E-state index contributed by atoms with van der Waals surface area (Å²) < 4.78 is 4.99. The van der Waals surface area contributed by atoms with Crippen molar-refractivity contribution in [1.82, 2.24) is 0 Å². The second kappa shape index (κ2) is 3.76. The minimum absolute atomic E-state index is 0.406. The van der Waals surface area contributed by atoms with Crippen molar-refractivity contribution >= 4 is 5.91 Å². The van der Waals surface area contributed by atoms with E-state index in [2.05, 4.69) is 0 Å². The molecule has 1 rings (SSSR count). The number of hydrogen-bond acceptors (Lipinski definition) is 2. The number of primary amides is 1. The minimum Gasteiger partial charge on any atom is -0.497 e. The van der Waals surface area contributed by atoms with Crippen molar-refractivity contribution in [3.8, 4) is 0 Å². The van der Waals surface area contributed by atoms with Gasteiger partial charge in [0.15, 0.2) is 0 Å². The Morgan fingerprint density at radius 1 is 1.50 bits per heavy atom. The molecular weight excluding hydrogens is 154 g/mol. The lowest BCUT2D eigenvalue weighted by Gasteiger charge is -1.95. The van der Waals surface area contributed by atoms with E-state index >= 15 is 0 Å².